The van der Waals surface area contributed by atoms with Crippen LogP contribution in [-0.4, -0.2) is 45.1 Å². The quantitative estimate of drug-likeness (QED) is 0.574. The molecule has 0 unspecified atom stereocenters. The van der Waals surface area contributed by atoms with Gasteiger partial charge >= 0.3 is 0 Å². The van der Waals surface area contributed by atoms with Crippen LogP contribution in [0, 0.1) is 0 Å². The lowest BCUT2D eigenvalue weighted by molar-refractivity contribution is 0.765. The van der Waals surface area contributed by atoms with Gasteiger partial charge in [0.2, 0.25) is 0 Å². The van der Waals surface area contributed by atoms with Crippen LogP contribution in [0.1, 0.15) is 11.4 Å². The van der Waals surface area contributed by atoms with Gasteiger partial charge in [-0.2, -0.15) is 10.2 Å². The summed E-state index contributed by atoms with van der Waals surface area (Å²) in [5.74, 6) is 0. The summed E-state index contributed by atoms with van der Waals surface area (Å²) in [7, 11) is 3.77. The Bertz CT molecular complexity index is 498. The molecule has 0 saturated heterocycles. The molecular weight excluding hydrogens is 228 g/mol. The Morgan fingerprint density at radius 1 is 0.944 bits per heavy atom. The summed E-state index contributed by atoms with van der Waals surface area (Å²) in [4.78, 5) is 8.50. The zero-order chi connectivity index (χ0) is 12.8. The molecule has 0 saturated carbocycles. The van der Waals surface area contributed by atoms with Gasteiger partial charge in [-0.05, 0) is 12.1 Å². The van der Waals surface area contributed by atoms with Gasteiger partial charge in [0.05, 0.1) is 13.1 Å². The van der Waals surface area contributed by atoms with Crippen LogP contribution < -0.4 is 0 Å². The third-order valence-corrected chi connectivity index (χ3v) is 2.27. The second-order valence-corrected chi connectivity index (χ2v) is 3.90. The molecule has 2 heterocycles. The molecule has 0 N–H and O–H groups in total. The highest BCUT2D eigenvalue weighted by Crippen LogP contribution is 1.90. The topological polar surface area (TPSA) is 60.4 Å². The van der Waals surface area contributed by atoms with Crippen molar-refractivity contribution < 1.29 is 0 Å². The van der Waals surface area contributed by atoms with E-state index in [2.05, 4.69) is 20.2 Å². The molecule has 0 fully saturated rings. The highest BCUT2D eigenvalue weighted by atomic mass is 15.3. The second kappa shape index (κ2) is 5.90. The van der Waals surface area contributed by atoms with E-state index in [0.717, 1.165) is 11.4 Å². The number of hydrogen-bond acceptors (Lipinski definition) is 4. The van der Waals surface area contributed by atoms with Crippen LogP contribution in [-0.2, 0) is 14.1 Å². The lowest BCUT2D eigenvalue weighted by atomic mass is 10.4. The van der Waals surface area contributed by atoms with Crippen LogP contribution in [0.3, 0.4) is 0 Å². The molecule has 18 heavy (non-hydrogen) atoms. The lowest BCUT2D eigenvalue weighted by Crippen LogP contribution is -1.93. The monoisotopic (exact) mass is 244 g/mol. The van der Waals surface area contributed by atoms with E-state index in [4.69, 9.17) is 0 Å². The van der Waals surface area contributed by atoms with Gasteiger partial charge in [-0.15, -0.1) is 0 Å². The standard InChI is InChI=1S/C12H16N6/c1-17-7-3-11(15-17)9-13-5-6-14-10-12-4-8-18(2)16-12/h3-4,7-10H,5-6H2,1-2H3/b13-9+,14-10+. The van der Waals surface area contributed by atoms with Gasteiger partial charge in [0.15, 0.2) is 0 Å². The maximum absolute atomic E-state index is 4.25. The second-order valence-electron chi connectivity index (χ2n) is 3.90. The Balaban J connectivity index is 1.73. The molecule has 0 aliphatic carbocycles. The van der Waals surface area contributed by atoms with Gasteiger partial charge < -0.3 is 0 Å². The van der Waals surface area contributed by atoms with E-state index in [0.29, 0.717) is 13.1 Å². The van der Waals surface area contributed by atoms with Crippen molar-refractivity contribution in [3.8, 4) is 0 Å². The van der Waals surface area contributed by atoms with Gasteiger partial charge in [-0.25, -0.2) is 0 Å². The molecule has 0 atom stereocenters. The minimum Gasteiger partial charge on any atom is -0.289 e. The Morgan fingerprint density at radius 2 is 1.39 bits per heavy atom. The summed E-state index contributed by atoms with van der Waals surface area (Å²) in [6.07, 6.45) is 7.30. The highest BCUT2D eigenvalue weighted by Gasteiger charge is 1.91. The van der Waals surface area contributed by atoms with Crippen LogP contribution in [0.4, 0.5) is 0 Å². The first-order valence-corrected chi connectivity index (χ1v) is 5.73. The molecule has 0 aliphatic heterocycles. The summed E-state index contributed by atoms with van der Waals surface area (Å²) < 4.78 is 3.50. The molecule has 6 heteroatoms. The van der Waals surface area contributed by atoms with Crippen LogP contribution in [0.25, 0.3) is 0 Å². The zero-order valence-corrected chi connectivity index (χ0v) is 10.6. The summed E-state index contributed by atoms with van der Waals surface area (Å²) in [5.41, 5.74) is 1.73. The van der Waals surface area contributed by atoms with Gasteiger partial charge in [-0.1, -0.05) is 0 Å². The average molecular weight is 244 g/mol. The first kappa shape index (κ1) is 12.2. The minimum atomic E-state index is 0.653. The molecule has 0 aliphatic rings. The number of aryl methyl sites for hydroxylation is 2. The smallest absolute Gasteiger partial charge is 0.103 e. The van der Waals surface area contributed by atoms with Crippen LogP contribution in [0.2, 0.25) is 0 Å². The molecule has 0 bridgehead atoms. The molecule has 0 radical (unpaired) electrons. The SMILES string of the molecule is Cn1ccc(/C=N/CC/N=C/c2ccn(C)n2)n1. The fourth-order valence-corrected chi connectivity index (χ4v) is 1.44. The Hall–Kier alpha value is -2.24. The number of aliphatic imine (C=N–C) groups is 2. The van der Waals surface area contributed by atoms with Gasteiger partial charge in [-0.3, -0.25) is 19.3 Å². The fourth-order valence-electron chi connectivity index (χ4n) is 1.44. The molecular formula is C12H16N6. The maximum Gasteiger partial charge on any atom is 0.103 e. The molecule has 0 aromatic carbocycles. The first-order chi connectivity index (χ1) is 8.74. The van der Waals surface area contributed by atoms with Crippen molar-refractivity contribution in [3.05, 3.63) is 35.9 Å². The molecule has 0 amide bonds. The fraction of sp³-hybridized carbons (Fsp3) is 0.333. The van der Waals surface area contributed by atoms with Crippen molar-refractivity contribution in [2.24, 2.45) is 24.1 Å². The maximum atomic E-state index is 4.25. The van der Waals surface area contributed by atoms with Crippen LogP contribution in [0.15, 0.2) is 34.5 Å². The van der Waals surface area contributed by atoms with Crippen molar-refractivity contribution in [2.45, 2.75) is 0 Å². The summed E-state index contributed by atoms with van der Waals surface area (Å²) >= 11 is 0. The van der Waals surface area contributed by atoms with E-state index < -0.39 is 0 Å². The predicted octanol–water partition coefficient (Wildman–Crippen LogP) is 0.692. The van der Waals surface area contributed by atoms with E-state index in [1.165, 1.54) is 0 Å². The van der Waals surface area contributed by atoms with E-state index >= 15 is 0 Å². The van der Waals surface area contributed by atoms with Crippen molar-refractivity contribution in [2.75, 3.05) is 13.1 Å². The highest BCUT2D eigenvalue weighted by molar-refractivity contribution is 5.77. The summed E-state index contributed by atoms with van der Waals surface area (Å²) in [6, 6.07) is 3.83. The molecule has 6 nitrogen and oxygen atoms in total. The molecule has 2 rings (SSSR count). The van der Waals surface area contributed by atoms with Crippen molar-refractivity contribution in [1.82, 2.24) is 19.6 Å². The number of nitrogens with zero attached hydrogens (tertiary/aromatic N) is 6. The molecule has 2 aromatic rings. The first-order valence-electron chi connectivity index (χ1n) is 5.73. The Kier molecular flexibility index (Phi) is 4.01. The van der Waals surface area contributed by atoms with Crippen LogP contribution >= 0.6 is 0 Å². The van der Waals surface area contributed by atoms with E-state index in [9.17, 15) is 0 Å². The van der Waals surface area contributed by atoms with Crippen LogP contribution in [0.5, 0.6) is 0 Å². The lowest BCUT2D eigenvalue weighted by Gasteiger charge is -1.88. The largest absolute Gasteiger partial charge is 0.289 e. The van der Waals surface area contributed by atoms with Crippen molar-refractivity contribution in [3.63, 3.8) is 0 Å². The Labute approximate surface area is 106 Å². The van der Waals surface area contributed by atoms with E-state index in [-0.39, 0.29) is 0 Å². The van der Waals surface area contributed by atoms with E-state index in [1.54, 1.807) is 21.8 Å². The van der Waals surface area contributed by atoms with Gasteiger partial charge in [0.25, 0.3) is 0 Å². The molecule has 0 spiro atoms. The molecule has 94 valence electrons. The average Bonchev–Trinajstić information content (AvgIpc) is 2.93. The number of hydrogen-bond donors (Lipinski definition) is 0. The predicted molar refractivity (Wildman–Crippen MR) is 71.3 cm³/mol. The summed E-state index contributed by atoms with van der Waals surface area (Å²) in [6.45, 7) is 1.31. The number of rotatable bonds is 5. The van der Waals surface area contributed by atoms with Gasteiger partial charge in [0, 0.05) is 38.9 Å². The van der Waals surface area contributed by atoms with Crippen molar-refractivity contribution in [1.29, 1.82) is 0 Å². The summed E-state index contributed by atoms with van der Waals surface area (Å²) in [5, 5.41) is 8.39. The molecule has 2 aromatic heterocycles. The number of aromatic nitrogens is 4. The van der Waals surface area contributed by atoms with E-state index in [1.807, 2.05) is 38.6 Å². The van der Waals surface area contributed by atoms with Crippen molar-refractivity contribution >= 4 is 12.4 Å². The minimum absolute atomic E-state index is 0.653. The van der Waals surface area contributed by atoms with Gasteiger partial charge in [0.1, 0.15) is 11.4 Å². The normalized spacial score (nSPS) is 11.9. The third kappa shape index (κ3) is 3.65. The third-order valence-electron chi connectivity index (χ3n) is 2.27. The Morgan fingerprint density at radius 3 is 1.72 bits per heavy atom. The zero-order valence-electron chi connectivity index (χ0n) is 10.6.